The first-order chi connectivity index (χ1) is 12.5. The second-order valence-electron chi connectivity index (χ2n) is 6.93. The summed E-state index contributed by atoms with van der Waals surface area (Å²) in [5.41, 5.74) is 1.16. The molecule has 1 fully saturated rings. The van der Waals surface area contributed by atoms with Crippen molar-refractivity contribution >= 4 is 23.1 Å². The first-order valence-electron chi connectivity index (χ1n) is 9.25. The first kappa shape index (κ1) is 18.6. The van der Waals surface area contributed by atoms with Crippen LogP contribution < -0.4 is 15.5 Å². The van der Waals surface area contributed by atoms with E-state index in [9.17, 15) is 9.18 Å². The number of alkyl halides is 1. The van der Waals surface area contributed by atoms with E-state index >= 15 is 0 Å². The third-order valence-electron chi connectivity index (χ3n) is 5.05. The molecule has 2 aromatic rings. The minimum absolute atomic E-state index is 0.0864. The Balaban J connectivity index is 1.77. The van der Waals surface area contributed by atoms with Crippen molar-refractivity contribution in [1.29, 1.82) is 0 Å². The number of aromatic nitrogens is 3. The number of halogens is 1. The highest BCUT2D eigenvalue weighted by Gasteiger charge is 2.25. The summed E-state index contributed by atoms with van der Waals surface area (Å²) in [7, 11) is 1.54. The molecule has 142 valence electrons. The summed E-state index contributed by atoms with van der Waals surface area (Å²) in [6, 6.07) is 2.47. The van der Waals surface area contributed by atoms with Gasteiger partial charge in [0.15, 0.2) is 11.9 Å². The molecule has 3 rings (SSSR count). The van der Waals surface area contributed by atoms with Crippen molar-refractivity contribution < 1.29 is 9.18 Å². The number of rotatable bonds is 7. The SMILES string of the molecule is CC[C@H]1CCCN1c1ccn2ncc(NC(=O)CC(C)[C@@H](F)NC)c2n1. The van der Waals surface area contributed by atoms with E-state index in [1.165, 1.54) is 19.9 Å². The minimum atomic E-state index is -1.21. The molecule has 0 aromatic carbocycles. The quantitative estimate of drug-likeness (QED) is 0.741. The van der Waals surface area contributed by atoms with Crippen LogP contribution in [0.15, 0.2) is 18.5 Å². The third-order valence-corrected chi connectivity index (χ3v) is 5.05. The Morgan fingerprint density at radius 2 is 2.31 bits per heavy atom. The van der Waals surface area contributed by atoms with Gasteiger partial charge in [0.05, 0.1) is 6.20 Å². The second-order valence-corrected chi connectivity index (χ2v) is 6.93. The molecule has 1 aliphatic heterocycles. The Morgan fingerprint density at radius 3 is 3.04 bits per heavy atom. The average molecular weight is 362 g/mol. The predicted molar refractivity (Wildman–Crippen MR) is 100 cm³/mol. The Labute approximate surface area is 153 Å². The first-order valence-corrected chi connectivity index (χ1v) is 9.25. The van der Waals surface area contributed by atoms with Gasteiger partial charge in [-0.2, -0.15) is 5.10 Å². The maximum Gasteiger partial charge on any atom is 0.224 e. The monoisotopic (exact) mass is 362 g/mol. The van der Waals surface area contributed by atoms with Crippen molar-refractivity contribution in [1.82, 2.24) is 19.9 Å². The van der Waals surface area contributed by atoms with Gasteiger partial charge in [-0.3, -0.25) is 10.1 Å². The molecule has 2 aromatic heterocycles. The van der Waals surface area contributed by atoms with E-state index in [2.05, 4.69) is 27.6 Å². The number of fused-ring (bicyclic) bond motifs is 1. The van der Waals surface area contributed by atoms with E-state index < -0.39 is 12.2 Å². The van der Waals surface area contributed by atoms with Crippen molar-refractivity contribution in [2.75, 3.05) is 23.8 Å². The van der Waals surface area contributed by atoms with Gasteiger partial charge in [0, 0.05) is 31.1 Å². The number of carbonyl (C=O) groups is 1. The fourth-order valence-electron chi connectivity index (χ4n) is 3.55. The lowest BCUT2D eigenvalue weighted by Gasteiger charge is -2.24. The molecule has 7 nitrogen and oxygen atoms in total. The van der Waals surface area contributed by atoms with Gasteiger partial charge in [0.25, 0.3) is 0 Å². The molecule has 0 bridgehead atoms. The minimum Gasteiger partial charge on any atom is -0.354 e. The van der Waals surface area contributed by atoms with Crippen molar-refractivity contribution in [3.8, 4) is 0 Å². The van der Waals surface area contributed by atoms with Crippen LogP contribution in [-0.4, -0.2) is 46.4 Å². The van der Waals surface area contributed by atoms with Gasteiger partial charge in [-0.25, -0.2) is 13.9 Å². The van der Waals surface area contributed by atoms with E-state index in [-0.39, 0.29) is 12.3 Å². The predicted octanol–water partition coefficient (Wildman–Crippen LogP) is 2.59. The average Bonchev–Trinajstić information content (AvgIpc) is 3.27. The Morgan fingerprint density at radius 1 is 1.50 bits per heavy atom. The van der Waals surface area contributed by atoms with E-state index in [0.29, 0.717) is 17.4 Å². The summed E-state index contributed by atoms with van der Waals surface area (Å²) < 4.78 is 15.2. The Kier molecular flexibility index (Phi) is 5.70. The van der Waals surface area contributed by atoms with Gasteiger partial charge in [-0.1, -0.05) is 13.8 Å². The zero-order valence-electron chi connectivity index (χ0n) is 15.6. The second kappa shape index (κ2) is 7.99. The lowest BCUT2D eigenvalue weighted by molar-refractivity contribution is -0.117. The summed E-state index contributed by atoms with van der Waals surface area (Å²) in [5.74, 6) is 0.246. The zero-order valence-corrected chi connectivity index (χ0v) is 15.6. The van der Waals surface area contributed by atoms with Crippen LogP contribution in [0.1, 0.15) is 39.5 Å². The highest BCUT2D eigenvalue weighted by molar-refractivity contribution is 5.94. The fraction of sp³-hybridized carbons (Fsp3) is 0.611. The molecule has 1 unspecified atom stereocenters. The maximum absolute atomic E-state index is 13.6. The van der Waals surface area contributed by atoms with Crippen molar-refractivity contribution in [3.63, 3.8) is 0 Å². The molecule has 1 amide bonds. The zero-order chi connectivity index (χ0) is 18.7. The van der Waals surface area contributed by atoms with Crippen LogP contribution in [-0.2, 0) is 4.79 Å². The van der Waals surface area contributed by atoms with Gasteiger partial charge in [-0.15, -0.1) is 0 Å². The molecule has 26 heavy (non-hydrogen) atoms. The number of nitrogens with one attached hydrogen (secondary N) is 2. The molecular formula is C18H27FN6O. The van der Waals surface area contributed by atoms with Crippen LogP contribution in [0, 0.1) is 5.92 Å². The normalized spacial score (nSPS) is 19.7. The molecule has 0 aliphatic carbocycles. The van der Waals surface area contributed by atoms with Crippen LogP contribution in [0.2, 0.25) is 0 Å². The molecule has 0 radical (unpaired) electrons. The largest absolute Gasteiger partial charge is 0.354 e. The summed E-state index contributed by atoms with van der Waals surface area (Å²) in [4.78, 5) is 19.3. The van der Waals surface area contributed by atoms with Crippen molar-refractivity contribution in [2.24, 2.45) is 5.92 Å². The lowest BCUT2D eigenvalue weighted by atomic mass is 10.1. The van der Waals surface area contributed by atoms with E-state index in [4.69, 9.17) is 4.98 Å². The Bertz CT molecular complexity index is 763. The van der Waals surface area contributed by atoms with Crippen LogP contribution in [0.4, 0.5) is 15.9 Å². The van der Waals surface area contributed by atoms with Gasteiger partial charge in [-0.05, 0) is 32.4 Å². The number of hydrogen-bond donors (Lipinski definition) is 2. The standard InChI is InChI=1S/C18H27FN6O/c1-4-13-6-5-8-24(13)15-7-9-25-18(23-15)14(11-21-25)22-16(26)10-12(2)17(19)20-3/h7,9,11-13,17,20H,4-6,8,10H2,1-3H3,(H,22,26)/t12?,13-,17-/m0/s1. The van der Waals surface area contributed by atoms with E-state index in [1.54, 1.807) is 17.6 Å². The summed E-state index contributed by atoms with van der Waals surface area (Å²) in [6.07, 6.45) is 5.75. The smallest absolute Gasteiger partial charge is 0.224 e. The van der Waals surface area contributed by atoms with Crippen LogP contribution >= 0.6 is 0 Å². The van der Waals surface area contributed by atoms with Gasteiger partial charge >= 0.3 is 0 Å². The van der Waals surface area contributed by atoms with E-state index in [0.717, 1.165) is 18.8 Å². The van der Waals surface area contributed by atoms with Crippen LogP contribution in [0.25, 0.3) is 5.65 Å². The highest BCUT2D eigenvalue weighted by Crippen LogP contribution is 2.27. The molecule has 2 N–H and O–H groups in total. The molecular weight excluding hydrogens is 335 g/mol. The highest BCUT2D eigenvalue weighted by atomic mass is 19.1. The summed E-state index contributed by atoms with van der Waals surface area (Å²) in [5, 5.41) is 9.59. The molecule has 3 heterocycles. The van der Waals surface area contributed by atoms with Gasteiger partial charge in [0.2, 0.25) is 5.91 Å². The fourth-order valence-corrected chi connectivity index (χ4v) is 3.55. The van der Waals surface area contributed by atoms with E-state index in [1.807, 2.05) is 12.3 Å². The summed E-state index contributed by atoms with van der Waals surface area (Å²) in [6.45, 7) is 4.89. The van der Waals surface area contributed by atoms with Gasteiger partial charge in [0.1, 0.15) is 11.5 Å². The number of anilines is 2. The Hall–Kier alpha value is -2.22. The lowest BCUT2D eigenvalue weighted by Crippen LogP contribution is -2.30. The number of amides is 1. The number of hydrogen-bond acceptors (Lipinski definition) is 5. The number of nitrogens with zero attached hydrogens (tertiary/aromatic N) is 4. The maximum atomic E-state index is 13.6. The molecule has 8 heteroatoms. The number of carbonyl (C=O) groups excluding carboxylic acids is 1. The molecule has 1 saturated heterocycles. The van der Waals surface area contributed by atoms with Gasteiger partial charge < -0.3 is 10.2 Å². The third kappa shape index (κ3) is 3.80. The van der Waals surface area contributed by atoms with Crippen molar-refractivity contribution in [3.05, 3.63) is 18.5 Å². The molecule has 0 saturated carbocycles. The van der Waals surface area contributed by atoms with Crippen LogP contribution in [0.5, 0.6) is 0 Å². The summed E-state index contributed by atoms with van der Waals surface area (Å²) >= 11 is 0. The topological polar surface area (TPSA) is 74.6 Å². The molecule has 3 atom stereocenters. The molecule has 0 spiro atoms. The molecule has 1 aliphatic rings. The van der Waals surface area contributed by atoms with Crippen molar-refractivity contribution in [2.45, 2.75) is 51.9 Å². The van der Waals surface area contributed by atoms with Crippen LogP contribution in [0.3, 0.4) is 0 Å².